The minimum atomic E-state index is -0.199. The van der Waals surface area contributed by atoms with E-state index in [1.807, 2.05) is 24.3 Å². The van der Waals surface area contributed by atoms with Crippen LogP contribution in [0.3, 0.4) is 0 Å². The van der Waals surface area contributed by atoms with Crippen LogP contribution in [0.2, 0.25) is 0 Å². The van der Waals surface area contributed by atoms with Gasteiger partial charge in [0.05, 0.1) is 21.7 Å². The lowest BCUT2D eigenvalue weighted by Gasteiger charge is -2.39. The zero-order valence-corrected chi connectivity index (χ0v) is 29.7. The van der Waals surface area contributed by atoms with Crippen LogP contribution in [0.25, 0.3) is 0 Å². The summed E-state index contributed by atoms with van der Waals surface area (Å²) in [6, 6.07) is 16.1. The third-order valence-electron chi connectivity index (χ3n) is 8.27. The normalized spacial score (nSPS) is 23.6. The van der Waals surface area contributed by atoms with Crippen LogP contribution in [-0.2, 0) is 22.7 Å². The maximum atomic E-state index is 11.7. The zero-order chi connectivity index (χ0) is 32.5. The smallest absolute Gasteiger partial charge is 0.235 e. The van der Waals surface area contributed by atoms with Gasteiger partial charge in [-0.05, 0) is 35.4 Å². The second-order valence-corrected chi connectivity index (χ2v) is 13.2. The number of carbonyl (C=O) groups excluding carboxylic acids is 2. The van der Waals surface area contributed by atoms with E-state index in [2.05, 4.69) is 109 Å². The molecule has 46 heavy (non-hydrogen) atoms. The van der Waals surface area contributed by atoms with Gasteiger partial charge in [-0.2, -0.15) is 0 Å². The largest absolute Gasteiger partial charge is 0.325 e. The van der Waals surface area contributed by atoms with Crippen molar-refractivity contribution < 1.29 is 9.59 Å². The second kappa shape index (κ2) is 19.7. The molecule has 10 N–H and O–H groups in total. The number of nitrogens with one attached hydrogen (secondary N) is 10. The summed E-state index contributed by atoms with van der Waals surface area (Å²) in [5.41, 5.74) is 3.52. The van der Waals surface area contributed by atoms with Crippen LogP contribution < -0.4 is 53.2 Å². The van der Waals surface area contributed by atoms with E-state index in [0.29, 0.717) is 0 Å². The first-order valence-corrected chi connectivity index (χ1v) is 18.3. The fourth-order valence-corrected chi connectivity index (χ4v) is 5.91. The number of carbonyl (C=O) groups is 2. The Labute approximate surface area is 289 Å². The zero-order valence-electron chi connectivity index (χ0n) is 26.5. The molecule has 2 aromatic carbocycles. The van der Waals surface area contributed by atoms with Crippen molar-refractivity contribution in [1.29, 1.82) is 0 Å². The van der Waals surface area contributed by atoms with E-state index >= 15 is 0 Å². The molecule has 3 aliphatic rings. The van der Waals surface area contributed by atoms with Gasteiger partial charge in [0.1, 0.15) is 0 Å². The monoisotopic (exact) mass is 764 g/mol. The van der Waals surface area contributed by atoms with Crippen molar-refractivity contribution in [3.05, 3.63) is 59.7 Å². The Morgan fingerprint density at radius 3 is 1.07 bits per heavy atom. The van der Waals surface area contributed by atoms with Crippen molar-refractivity contribution in [2.24, 2.45) is 0 Å². The highest BCUT2D eigenvalue weighted by molar-refractivity contribution is 9.09. The molecule has 0 atom stereocenters. The number of amides is 2. The van der Waals surface area contributed by atoms with Gasteiger partial charge in [-0.1, -0.05) is 56.1 Å². The molecule has 3 heterocycles. The Hall–Kier alpha value is -1.98. The molecular formula is C32H50Br2N10O2. The molecule has 0 unspecified atom stereocenters. The number of alkyl halides is 2. The van der Waals surface area contributed by atoms with Crippen molar-refractivity contribution in [2.45, 2.75) is 24.2 Å². The van der Waals surface area contributed by atoms with Gasteiger partial charge >= 0.3 is 0 Å². The molecule has 2 bridgehead atoms. The third-order valence-corrected chi connectivity index (χ3v) is 9.29. The molecule has 0 aromatic heterocycles. The fourth-order valence-electron chi connectivity index (χ4n) is 5.63. The lowest BCUT2D eigenvalue weighted by Crippen LogP contribution is -2.66. The molecule has 2 aromatic rings. The highest BCUT2D eigenvalue weighted by Gasteiger charge is 2.31. The topological polar surface area (TPSA) is 154 Å². The standard InChI is InChI=1S/C32H50Br2N10O2/c33-15-29(45)43-27-5-1-25(2-6-27)17-41-31-19-35-9-12-38-22-32(23-39-13-10-36-20-31,24-40-14-11-37-21-31)42-18-26-3-7-28(8-4-26)44-30(46)16-34/h1-8,35-42H,9-24H2,(H,43,45)(H,44,46). The lowest BCUT2D eigenvalue weighted by atomic mass is 9.96. The molecule has 5 rings (SSSR count). The average molecular weight is 767 g/mol. The predicted octanol–water partition coefficient (Wildman–Crippen LogP) is 0.275. The molecule has 12 nitrogen and oxygen atoms in total. The highest BCUT2D eigenvalue weighted by atomic mass is 79.9. The first-order chi connectivity index (χ1) is 22.4. The molecule has 0 saturated carbocycles. The van der Waals surface area contributed by atoms with Crippen LogP contribution in [0.15, 0.2) is 48.5 Å². The predicted molar refractivity (Wildman–Crippen MR) is 194 cm³/mol. The number of benzene rings is 2. The van der Waals surface area contributed by atoms with E-state index in [0.717, 1.165) is 114 Å². The highest BCUT2D eigenvalue weighted by Crippen LogP contribution is 2.13. The second-order valence-electron chi connectivity index (χ2n) is 12.1. The van der Waals surface area contributed by atoms with Gasteiger partial charge in [-0.15, -0.1) is 0 Å². The first kappa shape index (κ1) is 36.8. The molecule has 2 amide bonds. The van der Waals surface area contributed by atoms with Crippen molar-refractivity contribution in [3.63, 3.8) is 0 Å². The van der Waals surface area contributed by atoms with Crippen molar-refractivity contribution in [3.8, 4) is 0 Å². The van der Waals surface area contributed by atoms with E-state index in [4.69, 9.17) is 0 Å². The first-order valence-electron chi connectivity index (χ1n) is 16.1. The van der Waals surface area contributed by atoms with Crippen molar-refractivity contribution in [1.82, 2.24) is 42.5 Å². The molecule has 3 aliphatic heterocycles. The van der Waals surface area contributed by atoms with E-state index in [1.165, 1.54) is 0 Å². The van der Waals surface area contributed by atoms with Crippen molar-refractivity contribution in [2.75, 3.05) is 99.8 Å². The fraction of sp³-hybridized carbons (Fsp3) is 0.562. The Morgan fingerprint density at radius 1 is 0.522 bits per heavy atom. The van der Waals surface area contributed by atoms with Crippen molar-refractivity contribution >= 4 is 55.0 Å². The van der Waals surface area contributed by atoms with Crippen LogP contribution in [0.5, 0.6) is 0 Å². The minimum Gasteiger partial charge on any atom is -0.325 e. The van der Waals surface area contributed by atoms with Gasteiger partial charge in [0.25, 0.3) is 0 Å². The molecule has 0 radical (unpaired) electrons. The van der Waals surface area contributed by atoms with Crippen LogP contribution >= 0.6 is 31.9 Å². The SMILES string of the molecule is O=C(CBr)Nc1ccc(CNC23CNCCNCC(NCc4ccc(NC(=O)CBr)cc4)(CNCCNC2)CNCCNC3)cc1. The summed E-state index contributed by atoms with van der Waals surface area (Å²) in [5, 5.41) is 36.3. The number of hydrogen-bond acceptors (Lipinski definition) is 10. The van der Waals surface area contributed by atoms with Gasteiger partial charge in [0.2, 0.25) is 11.8 Å². The molecule has 254 valence electrons. The average Bonchev–Trinajstić information content (AvgIpc) is 3.08. The van der Waals surface area contributed by atoms with E-state index in [1.54, 1.807) is 0 Å². The van der Waals surface area contributed by atoms with E-state index in [9.17, 15) is 9.59 Å². The van der Waals surface area contributed by atoms with Gasteiger partial charge in [0, 0.05) is 103 Å². The quantitative estimate of drug-likeness (QED) is 0.153. The van der Waals surface area contributed by atoms with Crippen LogP contribution in [-0.4, -0.2) is 112 Å². The van der Waals surface area contributed by atoms with Gasteiger partial charge < -0.3 is 53.2 Å². The molecule has 14 heteroatoms. The Kier molecular flexibility index (Phi) is 15.8. The molecule has 0 aliphatic carbocycles. The molecule has 0 spiro atoms. The van der Waals surface area contributed by atoms with Crippen LogP contribution in [0.4, 0.5) is 11.4 Å². The Morgan fingerprint density at radius 2 is 0.804 bits per heavy atom. The number of anilines is 2. The molecule has 3 saturated heterocycles. The maximum absolute atomic E-state index is 11.7. The Balaban J connectivity index is 1.38. The number of halogens is 2. The van der Waals surface area contributed by atoms with Crippen LogP contribution in [0.1, 0.15) is 11.1 Å². The maximum Gasteiger partial charge on any atom is 0.235 e. The van der Waals surface area contributed by atoms with Gasteiger partial charge in [-0.3, -0.25) is 9.59 Å². The summed E-state index contributed by atoms with van der Waals surface area (Å²) in [5.74, 6) is -0.123. The summed E-state index contributed by atoms with van der Waals surface area (Å²) in [6.07, 6.45) is 0. The van der Waals surface area contributed by atoms with Gasteiger partial charge in [-0.25, -0.2) is 0 Å². The number of hydrogen-bond donors (Lipinski definition) is 10. The van der Waals surface area contributed by atoms with E-state index in [-0.39, 0.29) is 33.6 Å². The summed E-state index contributed by atoms with van der Waals surface area (Å²) < 4.78 is 0. The number of fused-ring (bicyclic) bond motifs is 15. The van der Waals surface area contributed by atoms with E-state index < -0.39 is 0 Å². The summed E-state index contributed by atoms with van der Waals surface area (Å²) in [6.45, 7) is 11.4. The van der Waals surface area contributed by atoms with Crippen LogP contribution in [0, 0.1) is 0 Å². The Bertz CT molecular complexity index is 1070. The lowest BCUT2D eigenvalue weighted by molar-refractivity contribution is -0.114. The summed E-state index contributed by atoms with van der Waals surface area (Å²) >= 11 is 6.39. The summed E-state index contributed by atoms with van der Waals surface area (Å²) in [4.78, 5) is 23.4. The number of rotatable bonds is 10. The molecule has 3 fully saturated rings. The van der Waals surface area contributed by atoms with Gasteiger partial charge in [0.15, 0.2) is 0 Å². The third kappa shape index (κ3) is 12.6. The molecular weight excluding hydrogens is 716 g/mol. The minimum absolute atomic E-state index is 0.0616. The summed E-state index contributed by atoms with van der Waals surface area (Å²) in [7, 11) is 0.